The Morgan fingerprint density at radius 3 is 2.38 bits per heavy atom. The van der Waals surface area contributed by atoms with Crippen molar-refractivity contribution in [1.82, 2.24) is 14.3 Å². The van der Waals surface area contributed by atoms with Crippen LogP contribution in [0.4, 0.5) is 5.13 Å². The molecular formula is C18H28N4OS. The Kier molecular flexibility index (Phi) is 4.50. The number of nitrogens with zero attached hydrogens (tertiary/aromatic N) is 4. The molecule has 6 heteroatoms. The van der Waals surface area contributed by atoms with E-state index >= 15 is 0 Å². The van der Waals surface area contributed by atoms with E-state index in [1.54, 1.807) is 0 Å². The highest BCUT2D eigenvalue weighted by atomic mass is 32.1. The predicted molar refractivity (Wildman–Crippen MR) is 96.3 cm³/mol. The monoisotopic (exact) mass is 348 g/mol. The third kappa shape index (κ3) is 3.05. The number of rotatable bonds is 3. The number of carbonyl (C=O) groups is 1. The topological polar surface area (TPSA) is 49.3 Å². The fraction of sp³-hybridized carbons (Fsp3) is 0.833. The van der Waals surface area contributed by atoms with Crippen LogP contribution in [0.3, 0.4) is 0 Å². The predicted octanol–water partition coefficient (Wildman–Crippen LogP) is 3.14. The summed E-state index contributed by atoms with van der Waals surface area (Å²) in [6.45, 7) is 8.17. The molecule has 1 aromatic rings. The lowest BCUT2D eigenvalue weighted by molar-refractivity contribution is -0.135. The lowest BCUT2D eigenvalue weighted by atomic mass is 9.95. The lowest BCUT2D eigenvalue weighted by Gasteiger charge is -2.33. The molecule has 2 aliphatic heterocycles. The SMILES string of the molecule is CC(C)c1nsc(N2CCC(C(=O)N3CC4CCCC4C3)CC2)n1. The van der Waals surface area contributed by atoms with Crippen LogP contribution in [0.25, 0.3) is 0 Å². The third-order valence-corrected chi connectivity index (χ3v) is 6.89. The van der Waals surface area contributed by atoms with Crippen molar-refractivity contribution in [3.05, 3.63) is 5.82 Å². The van der Waals surface area contributed by atoms with Crippen LogP contribution >= 0.6 is 11.5 Å². The van der Waals surface area contributed by atoms with Crippen LogP contribution < -0.4 is 4.90 Å². The summed E-state index contributed by atoms with van der Waals surface area (Å²) in [6.07, 6.45) is 5.96. The molecule has 0 bridgehead atoms. The fourth-order valence-electron chi connectivity index (χ4n) is 4.58. The Bertz CT molecular complexity index is 582. The number of hydrogen-bond donors (Lipinski definition) is 0. The molecule has 24 heavy (non-hydrogen) atoms. The molecule has 3 aliphatic rings. The number of carbonyl (C=O) groups excluding carboxylic acids is 1. The van der Waals surface area contributed by atoms with Gasteiger partial charge in [0.15, 0.2) is 0 Å². The van der Waals surface area contributed by atoms with Gasteiger partial charge in [0.2, 0.25) is 11.0 Å². The van der Waals surface area contributed by atoms with Gasteiger partial charge in [-0.05, 0) is 37.5 Å². The van der Waals surface area contributed by atoms with Crippen LogP contribution in [0, 0.1) is 17.8 Å². The molecule has 2 atom stereocenters. The molecule has 1 aromatic heterocycles. The Morgan fingerprint density at radius 2 is 1.79 bits per heavy atom. The largest absolute Gasteiger partial charge is 0.347 e. The Balaban J connectivity index is 1.31. The molecule has 1 saturated carbocycles. The van der Waals surface area contributed by atoms with Crippen molar-refractivity contribution >= 4 is 22.6 Å². The van der Waals surface area contributed by atoms with Crippen LogP contribution in [-0.2, 0) is 4.79 Å². The van der Waals surface area contributed by atoms with Crippen molar-refractivity contribution in [1.29, 1.82) is 0 Å². The van der Waals surface area contributed by atoms with Crippen molar-refractivity contribution in [2.24, 2.45) is 17.8 Å². The van der Waals surface area contributed by atoms with E-state index in [1.807, 2.05) is 0 Å². The Morgan fingerprint density at radius 1 is 1.12 bits per heavy atom. The van der Waals surface area contributed by atoms with E-state index in [2.05, 4.69) is 33.0 Å². The molecule has 0 radical (unpaired) electrons. The van der Waals surface area contributed by atoms with Crippen molar-refractivity contribution in [3.63, 3.8) is 0 Å². The molecule has 1 amide bonds. The van der Waals surface area contributed by atoms with Crippen LogP contribution in [0.2, 0.25) is 0 Å². The van der Waals surface area contributed by atoms with Crippen molar-refractivity contribution in [3.8, 4) is 0 Å². The van der Waals surface area contributed by atoms with E-state index in [4.69, 9.17) is 0 Å². The summed E-state index contributed by atoms with van der Waals surface area (Å²) in [5.74, 6) is 3.55. The molecule has 132 valence electrons. The maximum atomic E-state index is 12.9. The van der Waals surface area contributed by atoms with Gasteiger partial charge in [0, 0.05) is 49.5 Å². The molecular weight excluding hydrogens is 320 g/mol. The summed E-state index contributed by atoms with van der Waals surface area (Å²) >= 11 is 1.50. The van der Waals surface area contributed by atoms with Gasteiger partial charge in [0.05, 0.1) is 0 Å². The van der Waals surface area contributed by atoms with Crippen LogP contribution in [0.5, 0.6) is 0 Å². The molecule has 0 aromatic carbocycles. The van der Waals surface area contributed by atoms with Gasteiger partial charge in [-0.15, -0.1) is 0 Å². The summed E-state index contributed by atoms with van der Waals surface area (Å²) in [5, 5.41) is 1.03. The van der Waals surface area contributed by atoms with Crippen molar-refractivity contribution in [2.75, 3.05) is 31.1 Å². The second-order valence-corrected chi connectivity index (χ2v) is 8.78. The van der Waals surface area contributed by atoms with Crippen LogP contribution in [0.1, 0.15) is 57.7 Å². The maximum Gasteiger partial charge on any atom is 0.225 e. The van der Waals surface area contributed by atoms with E-state index in [9.17, 15) is 4.79 Å². The molecule has 3 fully saturated rings. The summed E-state index contributed by atoms with van der Waals surface area (Å²) in [5.41, 5.74) is 0. The Hall–Kier alpha value is -1.17. The smallest absolute Gasteiger partial charge is 0.225 e. The quantitative estimate of drug-likeness (QED) is 0.842. The Labute approximate surface area is 148 Å². The van der Waals surface area contributed by atoms with E-state index in [-0.39, 0.29) is 5.92 Å². The number of piperidine rings is 1. The molecule has 5 nitrogen and oxygen atoms in total. The molecule has 0 N–H and O–H groups in total. The summed E-state index contributed by atoms with van der Waals surface area (Å²) in [4.78, 5) is 22.0. The fourth-order valence-corrected chi connectivity index (χ4v) is 5.44. The van der Waals surface area contributed by atoms with Gasteiger partial charge in [-0.2, -0.15) is 4.37 Å². The first-order valence-corrected chi connectivity index (χ1v) is 10.3. The van der Waals surface area contributed by atoms with Gasteiger partial charge in [-0.3, -0.25) is 4.79 Å². The third-order valence-electron chi connectivity index (χ3n) is 6.10. The number of fused-ring (bicyclic) bond motifs is 1. The zero-order valence-corrected chi connectivity index (χ0v) is 15.6. The highest BCUT2D eigenvalue weighted by Gasteiger charge is 2.40. The van der Waals surface area contributed by atoms with Gasteiger partial charge < -0.3 is 9.80 Å². The zero-order chi connectivity index (χ0) is 16.7. The van der Waals surface area contributed by atoms with Crippen LogP contribution in [0.15, 0.2) is 0 Å². The highest BCUT2D eigenvalue weighted by Crippen LogP contribution is 2.39. The number of anilines is 1. The summed E-state index contributed by atoms with van der Waals surface area (Å²) in [6, 6.07) is 0. The zero-order valence-electron chi connectivity index (χ0n) is 14.8. The van der Waals surface area contributed by atoms with E-state index in [1.165, 1.54) is 30.8 Å². The normalized spacial score (nSPS) is 28.0. The van der Waals surface area contributed by atoms with Gasteiger partial charge in [0.25, 0.3) is 0 Å². The van der Waals surface area contributed by atoms with Crippen LogP contribution in [-0.4, -0.2) is 46.3 Å². The van der Waals surface area contributed by atoms with E-state index in [0.29, 0.717) is 11.8 Å². The first kappa shape index (κ1) is 16.3. The van der Waals surface area contributed by atoms with Gasteiger partial charge in [0.1, 0.15) is 5.82 Å². The van der Waals surface area contributed by atoms with Gasteiger partial charge >= 0.3 is 0 Å². The first-order chi connectivity index (χ1) is 11.6. The van der Waals surface area contributed by atoms with Crippen molar-refractivity contribution in [2.45, 2.75) is 51.9 Å². The molecule has 2 saturated heterocycles. The number of amides is 1. The molecule has 0 spiro atoms. The average Bonchev–Trinajstić information content (AvgIpc) is 3.29. The summed E-state index contributed by atoms with van der Waals surface area (Å²) in [7, 11) is 0. The van der Waals surface area contributed by atoms with E-state index < -0.39 is 0 Å². The number of likely N-dealkylation sites (tertiary alicyclic amines) is 1. The number of aromatic nitrogens is 2. The first-order valence-electron chi connectivity index (χ1n) is 9.49. The van der Waals surface area contributed by atoms with Gasteiger partial charge in [-0.1, -0.05) is 20.3 Å². The summed E-state index contributed by atoms with van der Waals surface area (Å²) < 4.78 is 4.45. The minimum atomic E-state index is 0.220. The van der Waals surface area contributed by atoms with Gasteiger partial charge in [-0.25, -0.2) is 4.98 Å². The maximum absolute atomic E-state index is 12.9. The minimum Gasteiger partial charge on any atom is -0.347 e. The average molecular weight is 349 g/mol. The minimum absolute atomic E-state index is 0.220. The molecule has 3 heterocycles. The standard InChI is InChI=1S/C18H28N4OS/c1-12(2)16-19-18(24-20-16)21-8-6-13(7-9-21)17(23)22-10-14-4-3-5-15(14)11-22/h12-15H,3-11H2,1-2H3. The number of hydrogen-bond acceptors (Lipinski definition) is 5. The molecule has 2 unspecified atom stereocenters. The molecule has 4 rings (SSSR count). The van der Waals surface area contributed by atoms with E-state index in [0.717, 1.165) is 61.8 Å². The lowest BCUT2D eigenvalue weighted by Crippen LogP contribution is -2.42. The second kappa shape index (κ2) is 6.62. The second-order valence-electron chi connectivity index (χ2n) is 8.05. The highest BCUT2D eigenvalue weighted by molar-refractivity contribution is 7.09. The molecule has 1 aliphatic carbocycles. The van der Waals surface area contributed by atoms with Crippen molar-refractivity contribution < 1.29 is 4.79 Å².